The molecule has 0 aromatic carbocycles. The molecule has 2 rings (SSSR count). The molecule has 0 aliphatic carbocycles. The van der Waals surface area contributed by atoms with Gasteiger partial charge in [-0.05, 0) is 18.0 Å². The van der Waals surface area contributed by atoms with Gasteiger partial charge in [0, 0.05) is 13.0 Å². The van der Waals surface area contributed by atoms with Crippen LogP contribution < -0.4 is 5.32 Å². The van der Waals surface area contributed by atoms with Gasteiger partial charge >= 0.3 is 0 Å². The molecule has 0 aliphatic heterocycles. The Bertz CT molecular complexity index is 396. The van der Waals surface area contributed by atoms with Crippen LogP contribution in [-0.2, 0) is 6.42 Å². The molecular formula is C10H13N3OS. The fourth-order valence-corrected chi connectivity index (χ4v) is 1.88. The summed E-state index contributed by atoms with van der Waals surface area (Å²) in [5.41, 5.74) is 0. The largest absolute Gasteiger partial charge is 0.339 e. The van der Waals surface area contributed by atoms with E-state index in [1.807, 2.05) is 17.5 Å². The van der Waals surface area contributed by atoms with E-state index in [-0.39, 0.29) is 0 Å². The van der Waals surface area contributed by atoms with Gasteiger partial charge < -0.3 is 9.84 Å². The minimum absolute atomic E-state index is 0.691. The van der Waals surface area contributed by atoms with Crippen LogP contribution in [-0.4, -0.2) is 23.2 Å². The van der Waals surface area contributed by atoms with E-state index < -0.39 is 0 Å². The van der Waals surface area contributed by atoms with Crippen molar-refractivity contribution in [1.29, 1.82) is 0 Å². The molecule has 2 aromatic rings. The molecule has 1 N–H and O–H groups in total. The van der Waals surface area contributed by atoms with Gasteiger partial charge in [0.1, 0.15) is 0 Å². The van der Waals surface area contributed by atoms with E-state index in [2.05, 4.69) is 22.4 Å². The van der Waals surface area contributed by atoms with E-state index in [1.165, 1.54) is 0 Å². The number of likely N-dealkylation sites (N-methyl/N-ethyl adjacent to an activating group) is 1. The van der Waals surface area contributed by atoms with Crippen LogP contribution in [0.25, 0.3) is 10.7 Å². The maximum absolute atomic E-state index is 5.14. The third-order valence-corrected chi connectivity index (χ3v) is 2.84. The highest BCUT2D eigenvalue weighted by atomic mass is 32.1. The van der Waals surface area contributed by atoms with Crippen LogP contribution in [0.5, 0.6) is 0 Å². The summed E-state index contributed by atoms with van der Waals surface area (Å²) in [5.74, 6) is 1.39. The first kappa shape index (κ1) is 10.3. The monoisotopic (exact) mass is 223 g/mol. The summed E-state index contributed by atoms with van der Waals surface area (Å²) in [6.45, 7) is 3.92. The van der Waals surface area contributed by atoms with E-state index in [9.17, 15) is 0 Å². The summed E-state index contributed by atoms with van der Waals surface area (Å²) in [6.07, 6.45) is 0.784. The molecular weight excluding hydrogens is 210 g/mol. The fraction of sp³-hybridized carbons (Fsp3) is 0.400. The number of rotatable bonds is 5. The van der Waals surface area contributed by atoms with Crippen molar-refractivity contribution in [3.8, 4) is 10.7 Å². The van der Waals surface area contributed by atoms with Crippen molar-refractivity contribution in [3.05, 3.63) is 23.4 Å². The summed E-state index contributed by atoms with van der Waals surface area (Å²) in [7, 11) is 0. The van der Waals surface area contributed by atoms with E-state index in [0.29, 0.717) is 11.7 Å². The van der Waals surface area contributed by atoms with Gasteiger partial charge in [0.2, 0.25) is 11.7 Å². The number of hydrogen-bond donors (Lipinski definition) is 1. The maximum atomic E-state index is 5.14. The maximum Gasteiger partial charge on any atom is 0.228 e. The molecule has 0 saturated carbocycles. The molecule has 5 heteroatoms. The Balaban J connectivity index is 1.98. The molecule has 15 heavy (non-hydrogen) atoms. The molecule has 0 atom stereocenters. The van der Waals surface area contributed by atoms with Gasteiger partial charge in [0.25, 0.3) is 0 Å². The van der Waals surface area contributed by atoms with Crippen molar-refractivity contribution in [2.24, 2.45) is 0 Å². The number of nitrogens with one attached hydrogen (secondary N) is 1. The highest BCUT2D eigenvalue weighted by molar-refractivity contribution is 7.13. The third kappa shape index (κ3) is 2.64. The lowest BCUT2D eigenvalue weighted by atomic mass is 10.4. The van der Waals surface area contributed by atoms with E-state index >= 15 is 0 Å². The van der Waals surface area contributed by atoms with Gasteiger partial charge in [0.05, 0.1) is 4.88 Å². The molecule has 0 amide bonds. The molecule has 4 nitrogen and oxygen atoms in total. The summed E-state index contributed by atoms with van der Waals surface area (Å²) < 4.78 is 5.14. The normalized spacial score (nSPS) is 10.7. The van der Waals surface area contributed by atoms with Crippen LogP contribution in [0, 0.1) is 0 Å². The Morgan fingerprint density at radius 3 is 3.20 bits per heavy atom. The smallest absolute Gasteiger partial charge is 0.228 e. The fourth-order valence-electron chi connectivity index (χ4n) is 1.23. The number of hydrogen-bond acceptors (Lipinski definition) is 5. The number of aromatic nitrogens is 2. The van der Waals surface area contributed by atoms with E-state index in [0.717, 1.165) is 24.4 Å². The zero-order chi connectivity index (χ0) is 10.5. The van der Waals surface area contributed by atoms with Crippen LogP contribution in [0.4, 0.5) is 0 Å². The zero-order valence-corrected chi connectivity index (χ0v) is 9.38. The first-order valence-corrected chi connectivity index (χ1v) is 5.85. The standard InChI is InChI=1S/C10H13N3OS/c1-2-11-6-5-9-12-10(13-14-9)8-4-3-7-15-8/h3-4,7,11H,2,5-6H2,1H3. The van der Waals surface area contributed by atoms with Crippen molar-refractivity contribution in [2.75, 3.05) is 13.1 Å². The molecule has 0 radical (unpaired) electrons. The molecule has 2 heterocycles. The average Bonchev–Trinajstić information content (AvgIpc) is 2.87. The number of nitrogens with zero attached hydrogens (tertiary/aromatic N) is 2. The second-order valence-corrected chi connectivity index (χ2v) is 4.04. The SMILES string of the molecule is CCNCCc1nc(-c2cccs2)no1. The zero-order valence-electron chi connectivity index (χ0n) is 8.56. The summed E-state index contributed by atoms with van der Waals surface area (Å²) in [5, 5.41) is 9.15. The highest BCUT2D eigenvalue weighted by Crippen LogP contribution is 2.21. The van der Waals surface area contributed by atoms with Crippen LogP contribution >= 0.6 is 11.3 Å². The average molecular weight is 223 g/mol. The molecule has 0 saturated heterocycles. The summed E-state index contributed by atoms with van der Waals surface area (Å²) >= 11 is 1.62. The van der Waals surface area contributed by atoms with Gasteiger partial charge in [-0.3, -0.25) is 0 Å². The predicted octanol–water partition coefficient (Wildman–Crippen LogP) is 1.95. The lowest BCUT2D eigenvalue weighted by Gasteiger charge is -1.94. The van der Waals surface area contributed by atoms with Crippen molar-refractivity contribution in [2.45, 2.75) is 13.3 Å². The van der Waals surface area contributed by atoms with Crippen LogP contribution in [0.3, 0.4) is 0 Å². The lowest BCUT2D eigenvalue weighted by molar-refractivity contribution is 0.377. The molecule has 0 bridgehead atoms. The topological polar surface area (TPSA) is 51.0 Å². The predicted molar refractivity (Wildman–Crippen MR) is 59.9 cm³/mol. The molecule has 80 valence electrons. The molecule has 0 fully saturated rings. The Kier molecular flexibility index (Phi) is 3.47. The van der Waals surface area contributed by atoms with Crippen molar-refractivity contribution in [3.63, 3.8) is 0 Å². The Hall–Kier alpha value is -1.20. The third-order valence-electron chi connectivity index (χ3n) is 1.98. The lowest BCUT2D eigenvalue weighted by Crippen LogP contribution is -2.16. The van der Waals surface area contributed by atoms with Gasteiger partial charge in [0.15, 0.2) is 0 Å². The molecule has 2 aromatic heterocycles. The van der Waals surface area contributed by atoms with Crippen molar-refractivity contribution < 1.29 is 4.52 Å². The van der Waals surface area contributed by atoms with Gasteiger partial charge in [-0.25, -0.2) is 0 Å². The van der Waals surface area contributed by atoms with Crippen molar-refractivity contribution >= 4 is 11.3 Å². The van der Waals surface area contributed by atoms with Crippen LogP contribution in [0.2, 0.25) is 0 Å². The van der Waals surface area contributed by atoms with Crippen LogP contribution in [0.1, 0.15) is 12.8 Å². The van der Waals surface area contributed by atoms with Crippen LogP contribution in [0.15, 0.2) is 22.0 Å². The first-order valence-electron chi connectivity index (χ1n) is 4.97. The van der Waals surface area contributed by atoms with Gasteiger partial charge in [-0.2, -0.15) is 4.98 Å². The van der Waals surface area contributed by atoms with E-state index in [4.69, 9.17) is 4.52 Å². The van der Waals surface area contributed by atoms with Gasteiger partial charge in [-0.15, -0.1) is 11.3 Å². The minimum Gasteiger partial charge on any atom is -0.339 e. The first-order chi connectivity index (χ1) is 7.40. The minimum atomic E-state index is 0.691. The van der Waals surface area contributed by atoms with Gasteiger partial charge in [-0.1, -0.05) is 18.1 Å². The van der Waals surface area contributed by atoms with Crippen molar-refractivity contribution in [1.82, 2.24) is 15.5 Å². The van der Waals surface area contributed by atoms with E-state index in [1.54, 1.807) is 11.3 Å². The highest BCUT2D eigenvalue weighted by Gasteiger charge is 2.08. The molecule has 0 unspecified atom stereocenters. The second kappa shape index (κ2) is 5.04. The Labute approximate surface area is 92.3 Å². The molecule has 0 spiro atoms. The summed E-state index contributed by atoms with van der Waals surface area (Å²) in [4.78, 5) is 5.37. The number of thiophene rings is 1. The quantitative estimate of drug-likeness (QED) is 0.787. The molecule has 0 aliphatic rings. The Morgan fingerprint density at radius 1 is 1.53 bits per heavy atom. The second-order valence-electron chi connectivity index (χ2n) is 3.09. The Morgan fingerprint density at radius 2 is 2.47 bits per heavy atom. The summed E-state index contributed by atoms with van der Waals surface area (Å²) in [6, 6.07) is 3.97.